The van der Waals surface area contributed by atoms with Crippen molar-refractivity contribution in [3.63, 3.8) is 0 Å². The molecular formula is C11H12Cl2FNO2. The van der Waals surface area contributed by atoms with Crippen LogP contribution < -0.4 is 5.32 Å². The van der Waals surface area contributed by atoms with Gasteiger partial charge in [0.05, 0.1) is 10.0 Å². The lowest BCUT2D eigenvalue weighted by Crippen LogP contribution is -2.34. The van der Waals surface area contributed by atoms with Crippen LogP contribution >= 0.6 is 23.2 Å². The number of halogens is 3. The number of nitrogens with one attached hydrogen (secondary N) is 1. The summed E-state index contributed by atoms with van der Waals surface area (Å²) in [5.74, 6) is -1.83. The molecule has 0 saturated heterocycles. The van der Waals surface area contributed by atoms with Crippen molar-refractivity contribution >= 4 is 34.9 Å². The summed E-state index contributed by atoms with van der Waals surface area (Å²) in [6, 6.07) is 1.83. The van der Waals surface area contributed by atoms with Crippen LogP contribution in [0.5, 0.6) is 0 Å². The molecular weight excluding hydrogens is 268 g/mol. The Morgan fingerprint density at radius 2 is 1.82 bits per heavy atom. The topological polar surface area (TPSA) is 49.3 Å². The first-order chi connectivity index (χ1) is 7.82. The molecule has 1 aromatic rings. The van der Waals surface area contributed by atoms with Crippen LogP contribution in [0.25, 0.3) is 0 Å². The van der Waals surface area contributed by atoms with Crippen LogP contribution in [0.2, 0.25) is 10.0 Å². The van der Waals surface area contributed by atoms with Gasteiger partial charge < -0.3 is 10.4 Å². The van der Waals surface area contributed by atoms with Gasteiger partial charge in [-0.25, -0.2) is 9.18 Å². The van der Waals surface area contributed by atoms with Crippen molar-refractivity contribution < 1.29 is 14.3 Å². The van der Waals surface area contributed by atoms with E-state index in [9.17, 15) is 9.18 Å². The number of carboxylic acid groups (broad SMARTS) is 1. The molecule has 17 heavy (non-hydrogen) atoms. The van der Waals surface area contributed by atoms with Gasteiger partial charge in [-0.05, 0) is 18.1 Å². The summed E-state index contributed by atoms with van der Waals surface area (Å²) in [5.41, 5.74) is 0.377. The minimum Gasteiger partial charge on any atom is -0.480 e. The number of anilines is 1. The molecule has 1 rings (SSSR count). The lowest BCUT2D eigenvalue weighted by Gasteiger charge is -2.19. The van der Waals surface area contributed by atoms with Crippen LogP contribution in [-0.4, -0.2) is 17.1 Å². The number of hydrogen-bond acceptors (Lipinski definition) is 2. The van der Waals surface area contributed by atoms with E-state index in [0.29, 0.717) is 5.69 Å². The van der Waals surface area contributed by atoms with E-state index in [0.717, 1.165) is 0 Å². The summed E-state index contributed by atoms with van der Waals surface area (Å²) in [6.45, 7) is 3.52. The van der Waals surface area contributed by atoms with Gasteiger partial charge in [-0.15, -0.1) is 0 Å². The monoisotopic (exact) mass is 279 g/mol. The molecule has 6 heteroatoms. The van der Waals surface area contributed by atoms with E-state index in [4.69, 9.17) is 28.3 Å². The van der Waals surface area contributed by atoms with Crippen molar-refractivity contribution in [1.29, 1.82) is 0 Å². The number of carboxylic acids is 1. The third-order valence-electron chi connectivity index (χ3n) is 2.24. The Hall–Kier alpha value is -1.00. The molecule has 1 aromatic carbocycles. The number of rotatable bonds is 4. The van der Waals surface area contributed by atoms with Gasteiger partial charge in [0.15, 0.2) is 5.82 Å². The van der Waals surface area contributed by atoms with Gasteiger partial charge in [-0.1, -0.05) is 37.0 Å². The third-order valence-corrected chi connectivity index (χ3v) is 2.79. The fourth-order valence-corrected chi connectivity index (χ4v) is 1.82. The molecule has 1 atom stereocenters. The summed E-state index contributed by atoms with van der Waals surface area (Å²) in [7, 11) is 0. The summed E-state index contributed by atoms with van der Waals surface area (Å²) < 4.78 is 13.2. The molecule has 0 heterocycles. The fourth-order valence-electron chi connectivity index (χ4n) is 1.33. The minimum absolute atomic E-state index is 0.130. The molecule has 0 amide bonds. The fraction of sp³-hybridized carbons (Fsp3) is 0.364. The predicted molar refractivity (Wildman–Crippen MR) is 66.3 cm³/mol. The van der Waals surface area contributed by atoms with Crippen LogP contribution in [0, 0.1) is 11.7 Å². The Labute approximate surface area is 109 Å². The number of benzene rings is 1. The van der Waals surface area contributed by atoms with E-state index in [1.165, 1.54) is 12.1 Å². The first kappa shape index (κ1) is 14.1. The van der Waals surface area contributed by atoms with Crippen molar-refractivity contribution in [3.05, 3.63) is 28.0 Å². The number of hydrogen-bond donors (Lipinski definition) is 2. The molecule has 2 N–H and O–H groups in total. The maximum absolute atomic E-state index is 13.2. The molecule has 0 radical (unpaired) electrons. The van der Waals surface area contributed by atoms with E-state index in [1.807, 2.05) is 0 Å². The van der Waals surface area contributed by atoms with Crippen LogP contribution in [-0.2, 0) is 4.79 Å². The molecule has 0 spiro atoms. The highest BCUT2D eigenvalue weighted by Crippen LogP contribution is 2.28. The van der Waals surface area contributed by atoms with Crippen LogP contribution in [0.15, 0.2) is 12.1 Å². The molecule has 0 fully saturated rings. The molecule has 0 aliphatic carbocycles. The van der Waals surface area contributed by atoms with Gasteiger partial charge in [0.1, 0.15) is 6.04 Å². The van der Waals surface area contributed by atoms with E-state index in [2.05, 4.69) is 5.32 Å². The highest BCUT2D eigenvalue weighted by Gasteiger charge is 2.21. The average molecular weight is 280 g/mol. The number of carbonyl (C=O) groups is 1. The zero-order chi connectivity index (χ0) is 13.2. The predicted octanol–water partition coefficient (Wildman–Crippen LogP) is 3.65. The van der Waals surface area contributed by atoms with Crippen molar-refractivity contribution in [2.24, 2.45) is 5.92 Å². The second-order valence-corrected chi connectivity index (χ2v) is 4.77. The van der Waals surface area contributed by atoms with Gasteiger partial charge in [0, 0.05) is 5.69 Å². The molecule has 1 unspecified atom stereocenters. The van der Waals surface area contributed by atoms with Crippen molar-refractivity contribution in [2.75, 3.05) is 5.32 Å². The second-order valence-electron chi connectivity index (χ2n) is 3.96. The standard InChI is InChI=1S/C11H12Cl2FNO2/c1-5(2)10(11(16)17)15-6-3-7(12)9(14)8(13)4-6/h3-5,10,15H,1-2H3,(H,16,17). The summed E-state index contributed by atoms with van der Waals surface area (Å²) in [6.07, 6.45) is 0. The quantitative estimate of drug-likeness (QED) is 0.827. The van der Waals surface area contributed by atoms with Gasteiger partial charge in [0.2, 0.25) is 0 Å². The Morgan fingerprint density at radius 1 is 1.35 bits per heavy atom. The summed E-state index contributed by atoms with van der Waals surface area (Å²) >= 11 is 11.2. The maximum Gasteiger partial charge on any atom is 0.326 e. The van der Waals surface area contributed by atoms with Crippen LogP contribution in [0.1, 0.15) is 13.8 Å². The van der Waals surface area contributed by atoms with Gasteiger partial charge >= 0.3 is 5.97 Å². The van der Waals surface area contributed by atoms with Gasteiger partial charge in [0.25, 0.3) is 0 Å². The first-order valence-electron chi connectivity index (χ1n) is 4.96. The lowest BCUT2D eigenvalue weighted by molar-refractivity contribution is -0.138. The van der Waals surface area contributed by atoms with Crippen molar-refractivity contribution in [2.45, 2.75) is 19.9 Å². The average Bonchev–Trinajstić information content (AvgIpc) is 2.21. The Bertz CT molecular complexity index is 414. The van der Waals surface area contributed by atoms with E-state index in [1.54, 1.807) is 13.8 Å². The highest BCUT2D eigenvalue weighted by molar-refractivity contribution is 6.35. The van der Waals surface area contributed by atoms with E-state index < -0.39 is 17.8 Å². The number of aliphatic carboxylic acids is 1. The van der Waals surface area contributed by atoms with E-state index in [-0.39, 0.29) is 16.0 Å². The zero-order valence-corrected chi connectivity index (χ0v) is 10.8. The summed E-state index contributed by atoms with van der Waals surface area (Å²) in [4.78, 5) is 11.0. The molecule has 0 bridgehead atoms. The molecule has 0 aliphatic rings. The van der Waals surface area contributed by atoms with E-state index >= 15 is 0 Å². The molecule has 94 valence electrons. The van der Waals surface area contributed by atoms with Gasteiger partial charge in [-0.3, -0.25) is 0 Å². The van der Waals surface area contributed by atoms with Crippen molar-refractivity contribution in [3.8, 4) is 0 Å². The minimum atomic E-state index is -0.989. The Kier molecular flexibility index (Phi) is 4.60. The van der Waals surface area contributed by atoms with Crippen LogP contribution in [0.3, 0.4) is 0 Å². The third kappa shape index (κ3) is 3.48. The Morgan fingerprint density at radius 3 is 2.18 bits per heavy atom. The summed E-state index contributed by atoms with van der Waals surface area (Å²) in [5, 5.41) is 11.5. The first-order valence-corrected chi connectivity index (χ1v) is 5.72. The van der Waals surface area contributed by atoms with Crippen LogP contribution in [0.4, 0.5) is 10.1 Å². The zero-order valence-electron chi connectivity index (χ0n) is 9.30. The maximum atomic E-state index is 13.2. The normalized spacial score (nSPS) is 12.6. The molecule has 3 nitrogen and oxygen atoms in total. The smallest absolute Gasteiger partial charge is 0.326 e. The highest BCUT2D eigenvalue weighted by atomic mass is 35.5. The molecule has 0 aliphatic heterocycles. The lowest BCUT2D eigenvalue weighted by atomic mass is 10.0. The SMILES string of the molecule is CC(C)C(Nc1cc(Cl)c(F)c(Cl)c1)C(=O)O. The Balaban J connectivity index is 2.98. The molecule has 0 saturated carbocycles. The van der Waals surface area contributed by atoms with Gasteiger partial charge in [-0.2, -0.15) is 0 Å². The van der Waals surface area contributed by atoms with Crippen molar-refractivity contribution in [1.82, 2.24) is 0 Å². The second kappa shape index (κ2) is 5.56. The largest absolute Gasteiger partial charge is 0.480 e. The molecule has 0 aromatic heterocycles.